The van der Waals surface area contributed by atoms with Crippen LogP contribution in [0.1, 0.15) is 29.1 Å². The van der Waals surface area contributed by atoms with E-state index in [0.29, 0.717) is 36.7 Å². The number of thiophene rings is 1. The molecule has 2 rings (SSSR count). The molecule has 7 heteroatoms. The highest BCUT2D eigenvalue weighted by molar-refractivity contribution is 7.19. The number of morpholine rings is 1. The topological polar surface area (TPSA) is 91.4 Å². The van der Waals surface area contributed by atoms with Crippen molar-refractivity contribution in [3.63, 3.8) is 0 Å². The van der Waals surface area contributed by atoms with Gasteiger partial charge in [-0.15, -0.1) is 11.3 Å². The summed E-state index contributed by atoms with van der Waals surface area (Å²) >= 11 is 1.28. The highest BCUT2D eigenvalue weighted by Gasteiger charge is 2.26. The van der Waals surface area contributed by atoms with E-state index < -0.39 is 0 Å². The number of rotatable bonds is 3. The number of amides is 1. The van der Waals surface area contributed by atoms with E-state index >= 15 is 0 Å². The number of nitrogens with two attached hydrogens (primary N) is 1. The van der Waals surface area contributed by atoms with E-state index in [1.165, 1.54) is 11.3 Å². The molecule has 1 fully saturated rings. The number of ether oxygens (including phenoxy) is 1. The van der Waals surface area contributed by atoms with Crippen LogP contribution < -0.4 is 16.0 Å². The third-order valence-electron chi connectivity index (χ3n) is 3.11. The molecule has 6 nitrogen and oxygen atoms in total. The molecule has 1 aromatic rings. The van der Waals surface area contributed by atoms with Gasteiger partial charge in [0.25, 0.3) is 5.91 Å². The summed E-state index contributed by atoms with van der Waals surface area (Å²) in [5, 5.41) is 12.8. The first kappa shape index (κ1) is 14.6. The number of carbonyl (C=O) groups is 1. The molecule has 1 saturated heterocycles. The van der Waals surface area contributed by atoms with E-state index in [1.807, 2.05) is 13.8 Å². The van der Waals surface area contributed by atoms with Gasteiger partial charge >= 0.3 is 0 Å². The van der Waals surface area contributed by atoms with E-state index in [2.05, 4.69) is 16.3 Å². The molecule has 1 aliphatic heterocycles. The lowest BCUT2D eigenvalue weighted by molar-refractivity contribution is 0.0534. The zero-order chi connectivity index (χ0) is 14.7. The maximum atomic E-state index is 12.0. The number of hydrogen-bond acceptors (Lipinski definition) is 6. The molecule has 0 spiro atoms. The van der Waals surface area contributed by atoms with Gasteiger partial charge in [0, 0.05) is 19.6 Å². The molecule has 1 amide bonds. The van der Waals surface area contributed by atoms with Crippen molar-refractivity contribution in [1.82, 2.24) is 5.32 Å². The lowest BCUT2D eigenvalue weighted by Crippen LogP contribution is -2.41. The molecule has 1 aliphatic rings. The second-order valence-corrected chi connectivity index (χ2v) is 5.62. The third kappa shape index (κ3) is 2.71. The summed E-state index contributed by atoms with van der Waals surface area (Å²) in [5.41, 5.74) is 6.63. The van der Waals surface area contributed by atoms with Crippen LogP contribution in [-0.4, -0.2) is 38.3 Å². The zero-order valence-corrected chi connectivity index (χ0v) is 12.4. The predicted octanol–water partition coefficient (Wildman–Crippen LogP) is 1.18. The summed E-state index contributed by atoms with van der Waals surface area (Å²) in [5.74, 6) is -0.223. The maximum absolute atomic E-state index is 12.0. The molecule has 0 aliphatic carbocycles. The minimum absolute atomic E-state index is 0.103. The quantitative estimate of drug-likeness (QED) is 0.873. The van der Waals surface area contributed by atoms with Crippen LogP contribution in [0, 0.1) is 11.3 Å². The number of hydrogen-bond donors (Lipinski definition) is 2. The molecular formula is C13H18N4O2S. The first-order valence-electron chi connectivity index (χ1n) is 6.55. The molecule has 20 heavy (non-hydrogen) atoms. The molecule has 3 N–H and O–H groups in total. The Bertz CT molecular complexity index is 549. The van der Waals surface area contributed by atoms with Crippen LogP contribution in [0.4, 0.5) is 10.7 Å². The van der Waals surface area contributed by atoms with Crippen molar-refractivity contribution in [2.75, 3.05) is 36.9 Å². The summed E-state index contributed by atoms with van der Waals surface area (Å²) < 4.78 is 5.50. The molecule has 108 valence electrons. The summed E-state index contributed by atoms with van der Waals surface area (Å²) in [6, 6.07) is 2.12. The van der Waals surface area contributed by atoms with Gasteiger partial charge in [-0.1, -0.05) is 0 Å². The van der Waals surface area contributed by atoms with E-state index in [0.717, 1.165) is 5.00 Å². The van der Waals surface area contributed by atoms with Gasteiger partial charge in [0.1, 0.15) is 21.5 Å². The summed E-state index contributed by atoms with van der Waals surface area (Å²) in [6.45, 7) is 6.37. The summed E-state index contributed by atoms with van der Waals surface area (Å²) in [4.78, 5) is 14.4. The van der Waals surface area contributed by atoms with E-state index in [1.54, 1.807) is 0 Å². The van der Waals surface area contributed by atoms with Gasteiger partial charge in [0.2, 0.25) is 0 Å². The van der Waals surface area contributed by atoms with E-state index in [4.69, 9.17) is 10.5 Å². The second-order valence-electron chi connectivity index (χ2n) is 4.62. The van der Waals surface area contributed by atoms with Crippen LogP contribution in [-0.2, 0) is 4.74 Å². The highest BCUT2D eigenvalue weighted by atomic mass is 32.1. The van der Waals surface area contributed by atoms with Crippen LogP contribution >= 0.6 is 11.3 Å². The van der Waals surface area contributed by atoms with Gasteiger partial charge in [-0.05, 0) is 13.8 Å². The predicted molar refractivity (Wildman–Crippen MR) is 79.1 cm³/mol. The fraction of sp³-hybridized carbons (Fsp3) is 0.538. The number of anilines is 2. The Balaban J connectivity index is 2.36. The van der Waals surface area contributed by atoms with Crippen molar-refractivity contribution >= 4 is 27.9 Å². The van der Waals surface area contributed by atoms with Crippen LogP contribution in [0.2, 0.25) is 0 Å². The Morgan fingerprint density at radius 1 is 1.70 bits per heavy atom. The average Bonchev–Trinajstić information content (AvgIpc) is 2.76. The lowest BCUT2D eigenvalue weighted by Gasteiger charge is -2.32. The molecule has 1 unspecified atom stereocenters. The van der Waals surface area contributed by atoms with Crippen LogP contribution in [0.5, 0.6) is 0 Å². The van der Waals surface area contributed by atoms with E-state index in [9.17, 15) is 10.1 Å². The van der Waals surface area contributed by atoms with Gasteiger partial charge in [-0.2, -0.15) is 5.26 Å². The molecule has 0 aromatic carbocycles. The Hall–Kier alpha value is -1.78. The molecule has 2 heterocycles. The smallest absolute Gasteiger partial charge is 0.263 e. The van der Waals surface area contributed by atoms with Gasteiger partial charge in [-0.25, -0.2) is 0 Å². The minimum Gasteiger partial charge on any atom is -0.396 e. The molecule has 0 bridgehead atoms. The van der Waals surface area contributed by atoms with Gasteiger partial charge in [0.15, 0.2) is 0 Å². The average molecular weight is 294 g/mol. The molecule has 0 radical (unpaired) electrons. The number of carbonyl (C=O) groups excluding carboxylic acids is 1. The summed E-state index contributed by atoms with van der Waals surface area (Å²) in [7, 11) is 0. The molecule has 1 aromatic heterocycles. The number of nitrogens with zero attached hydrogens (tertiary/aromatic N) is 2. The second kappa shape index (κ2) is 6.11. The Kier molecular flexibility index (Phi) is 4.47. The number of nitrogens with one attached hydrogen (secondary N) is 1. The standard InChI is InChI=1S/C13H18N4O2S/c1-3-16-12(18)11-10(15)9(6-14)13(20-11)17-4-5-19-8(2)7-17/h8H,3-5,7,15H2,1-2H3,(H,16,18). The normalized spacial score (nSPS) is 18.6. The van der Waals surface area contributed by atoms with Crippen molar-refractivity contribution in [2.24, 2.45) is 0 Å². The number of nitriles is 1. The largest absolute Gasteiger partial charge is 0.396 e. The summed E-state index contributed by atoms with van der Waals surface area (Å²) in [6.07, 6.45) is 0.103. The molecular weight excluding hydrogens is 276 g/mol. The minimum atomic E-state index is -0.223. The fourth-order valence-corrected chi connectivity index (χ4v) is 3.30. The monoisotopic (exact) mass is 294 g/mol. The molecule has 1 atom stereocenters. The van der Waals surface area contributed by atoms with Crippen molar-refractivity contribution in [1.29, 1.82) is 5.26 Å². The Morgan fingerprint density at radius 2 is 2.45 bits per heavy atom. The van der Waals surface area contributed by atoms with Crippen LogP contribution in [0.15, 0.2) is 0 Å². The zero-order valence-electron chi connectivity index (χ0n) is 11.6. The van der Waals surface area contributed by atoms with Crippen LogP contribution in [0.25, 0.3) is 0 Å². The van der Waals surface area contributed by atoms with Gasteiger partial charge < -0.3 is 20.7 Å². The Labute approximate surface area is 122 Å². The van der Waals surface area contributed by atoms with E-state index in [-0.39, 0.29) is 17.7 Å². The maximum Gasteiger partial charge on any atom is 0.263 e. The van der Waals surface area contributed by atoms with Gasteiger partial charge in [-0.3, -0.25) is 4.79 Å². The SMILES string of the molecule is CCNC(=O)c1sc(N2CCOC(C)C2)c(C#N)c1N. The van der Waals surface area contributed by atoms with Crippen molar-refractivity contribution in [3.8, 4) is 6.07 Å². The van der Waals surface area contributed by atoms with Crippen molar-refractivity contribution in [2.45, 2.75) is 20.0 Å². The first-order chi connectivity index (χ1) is 9.58. The molecule has 0 saturated carbocycles. The first-order valence-corrected chi connectivity index (χ1v) is 7.37. The van der Waals surface area contributed by atoms with Crippen molar-refractivity contribution < 1.29 is 9.53 Å². The fourth-order valence-electron chi connectivity index (χ4n) is 2.17. The van der Waals surface area contributed by atoms with Gasteiger partial charge in [0.05, 0.1) is 18.4 Å². The Morgan fingerprint density at radius 3 is 3.05 bits per heavy atom. The third-order valence-corrected chi connectivity index (χ3v) is 4.38. The van der Waals surface area contributed by atoms with Crippen molar-refractivity contribution in [3.05, 3.63) is 10.4 Å². The number of nitrogen functional groups attached to an aromatic ring is 1. The van der Waals surface area contributed by atoms with Crippen LogP contribution in [0.3, 0.4) is 0 Å². The lowest BCUT2D eigenvalue weighted by atomic mass is 10.2. The highest BCUT2D eigenvalue weighted by Crippen LogP contribution is 2.38.